The van der Waals surface area contributed by atoms with E-state index in [9.17, 15) is 10.1 Å². The van der Waals surface area contributed by atoms with Crippen molar-refractivity contribution in [3.8, 4) is 11.8 Å². The lowest BCUT2D eigenvalue weighted by Crippen LogP contribution is -2.04. The van der Waals surface area contributed by atoms with E-state index < -0.39 is 5.97 Å². The lowest BCUT2D eigenvalue weighted by atomic mass is 10.0. The van der Waals surface area contributed by atoms with Crippen LogP contribution in [-0.2, 0) is 11.2 Å². The minimum atomic E-state index is -0.467. The maximum atomic E-state index is 11.1. The maximum Gasteiger partial charge on any atom is 0.308 e. The van der Waals surface area contributed by atoms with Gasteiger partial charge in [0.05, 0.1) is 10.0 Å². The number of rotatable bonds is 3. The van der Waals surface area contributed by atoms with E-state index in [1.807, 2.05) is 36.4 Å². The van der Waals surface area contributed by atoms with Gasteiger partial charge in [0.25, 0.3) is 0 Å². The Kier molecular flexibility index (Phi) is 5.00. The molecule has 0 spiro atoms. The van der Waals surface area contributed by atoms with E-state index in [1.54, 1.807) is 6.07 Å². The first kappa shape index (κ1) is 15.6. The van der Waals surface area contributed by atoms with Crippen LogP contribution in [0, 0.1) is 11.3 Å². The first-order valence-electron chi connectivity index (χ1n) is 6.15. The van der Waals surface area contributed by atoms with Crippen LogP contribution in [0.3, 0.4) is 0 Å². The Morgan fingerprint density at radius 3 is 2.71 bits per heavy atom. The largest absolute Gasteiger partial charge is 0.424 e. The minimum absolute atomic E-state index is 0.243. The fourth-order valence-electron chi connectivity index (χ4n) is 1.94. The van der Waals surface area contributed by atoms with Crippen molar-refractivity contribution in [2.75, 3.05) is 0 Å². The Morgan fingerprint density at radius 2 is 2.10 bits per heavy atom. The molecule has 5 heteroatoms. The molecule has 0 radical (unpaired) electrons. The Bertz CT molecular complexity index is 738. The summed E-state index contributed by atoms with van der Waals surface area (Å²) >= 11 is 9.48. The zero-order valence-corrected chi connectivity index (χ0v) is 13.5. The third kappa shape index (κ3) is 3.84. The van der Waals surface area contributed by atoms with Crippen LogP contribution in [0.15, 0.2) is 40.9 Å². The van der Waals surface area contributed by atoms with Crippen LogP contribution in [0.5, 0.6) is 5.75 Å². The van der Waals surface area contributed by atoms with Crippen LogP contribution < -0.4 is 4.74 Å². The van der Waals surface area contributed by atoms with Crippen LogP contribution in [0.1, 0.15) is 23.6 Å². The number of carbonyl (C=O) groups excluding carboxylic acids is 1. The highest BCUT2D eigenvalue weighted by molar-refractivity contribution is 9.10. The fourth-order valence-corrected chi connectivity index (χ4v) is 2.73. The molecule has 0 atom stereocenters. The highest BCUT2D eigenvalue weighted by atomic mass is 79.9. The van der Waals surface area contributed by atoms with Crippen molar-refractivity contribution >= 4 is 33.5 Å². The van der Waals surface area contributed by atoms with Gasteiger partial charge in [-0.3, -0.25) is 4.79 Å². The highest BCUT2D eigenvalue weighted by Crippen LogP contribution is 2.32. The number of carbonyl (C=O) groups is 1. The van der Waals surface area contributed by atoms with Crippen LogP contribution in [0.2, 0.25) is 5.02 Å². The van der Waals surface area contributed by atoms with Gasteiger partial charge in [-0.2, -0.15) is 5.26 Å². The molecule has 0 heterocycles. The second-order valence-corrected chi connectivity index (χ2v) is 5.69. The number of ether oxygens (including phenoxy) is 1. The monoisotopic (exact) mass is 363 g/mol. The van der Waals surface area contributed by atoms with Gasteiger partial charge in [-0.05, 0) is 51.7 Å². The molecule has 0 aliphatic carbocycles. The third-order valence-corrected chi connectivity index (χ3v) is 3.78. The molecule has 2 rings (SSSR count). The highest BCUT2D eigenvalue weighted by Gasteiger charge is 2.13. The number of nitriles is 1. The van der Waals surface area contributed by atoms with Gasteiger partial charge >= 0.3 is 5.97 Å². The summed E-state index contributed by atoms with van der Waals surface area (Å²) < 4.78 is 5.63. The molecule has 2 aromatic carbocycles. The van der Waals surface area contributed by atoms with Crippen molar-refractivity contribution in [1.82, 2.24) is 0 Å². The standard InChI is InChI=1S/C16H11BrClNO2/c1-10(20)21-16-13(9-19)7-11(8-14(16)17)6-12-4-2-3-5-15(12)18/h2-5,7-8H,6H2,1H3. The molecular formula is C16H11BrClNO2. The molecule has 0 aromatic heterocycles. The smallest absolute Gasteiger partial charge is 0.308 e. The minimum Gasteiger partial charge on any atom is -0.424 e. The molecule has 0 saturated carbocycles. The van der Waals surface area contributed by atoms with Gasteiger partial charge in [-0.15, -0.1) is 0 Å². The van der Waals surface area contributed by atoms with E-state index >= 15 is 0 Å². The summed E-state index contributed by atoms with van der Waals surface area (Å²) in [5, 5.41) is 9.89. The van der Waals surface area contributed by atoms with Crippen molar-refractivity contribution in [2.45, 2.75) is 13.3 Å². The van der Waals surface area contributed by atoms with Gasteiger partial charge in [-0.25, -0.2) is 0 Å². The SMILES string of the molecule is CC(=O)Oc1c(Br)cc(Cc2ccccc2Cl)cc1C#N. The van der Waals surface area contributed by atoms with Gasteiger partial charge in [0, 0.05) is 11.9 Å². The summed E-state index contributed by atoms with van der Waals surface area (Å²) in [4.78, 5) is 11.1. The summed E-state index contributed by atoms with van der Waals surface area (Å²) in [6.45, 7) is 1.30. The molecule has 0 saturated heterocycles. The molecule has 0 aliphatic heterocycles. The molecule has 21 heavy (non-hydrogen) atoms. The average molecular weight is 365 g/mol. The topological polar surface area (TPSA) is 50.1 Å². The summed E-state index contributed by atoms with van der Waals surface area (Å²) in [6.07, 6.45) is 0.591. The van der Waals surface area contributed by atoms with E-state index in [4.69, 9.17) is 16.3 Å². The van der Waals surface area contributed by atoms with Crippen molar-refractivity contribution < 1.29 is 9.53 Å². The molecule has 0 aliphatic rings. The predicted molar refractivity (Wildman–Crippen MR) is 84.4 cm³/mol. The second-order valence-electron chi connectivity index (χ2n) is 4.43. The van der Waals surface area contributed by atoms with Crippen molar-refractivity contribution in [3.63, 3.8) is 0 Å². The van der Waals surface area contributed by atoms with Gasteiger partial charge in [0.15, 0.2) is 5.75 Å². The molecule has 0 unspecified atom stereocenters. The van der Waals surface area contributed by atoms with E-state index in [2.05, 4.69) is 15.9 Å². The van der Waals surface area contributed by atoms with E-state index in [0.717, 1.165) is 11.1 Å². The lowest BCUT2D eigenvalue weighted by Gasteiger charge is -2.10. The number of nitrogens with zero attached hydrogens (tertiary/aromatic N) is 1. The molecule has 3 nitrogen and oxygen atoms in total. The molecule has 2 aromatic rings. The predicted octanol–water partition coefficient (Wildman–Crippen LogP) is 4.49. The van der Waals surface area contributed by atoms with Crippen LogP contribution >= 0.6 is 27.5 Å². The molecule has 106 valence electrons. The van der Waals surface area contributed by atoms with E-state index in [-0.39, 0.29) is 5.75 Å². The van der Waals surface area contributed by atoms with Crippen molar-refractivity contribution in [1.29, 1.82) is 5.26 Å². The normalized spacial score (nSPS) is 10.0. The Labute approximate surface area is 136 Å². The number of esters is 1. The Balaban J connectivity index is 2.39. The van der Waals surface area contributed by atoms with Crippen molar-refractivity contribution in [2.24, 2.45) is 0 Å². The Morgan fingerprint density at radius 1 is 1.38 bits per heavy atom. The van der Waals surface area contributed by atoms with Gasteiger partial charge in [-0.1, -0.05) is 29.8 Å². The third-order valence-electron chi connectivity index (χ3n) is 2.82. The zero-order valence-electron chi connectivity index (χ0n) is 11.2. The van der Waals surface area contributed by atoms with E-state index in [1.165, 1.54) is 6.92 Å². The quantitative estimate of drug-likeness (QED) is 0.595. The fraction of sp³-hybridized carbons (Fsp3) is 0.125. The van der Waals surface area contributed by atoms with Crippen molar-refractivity contribution in [3.05, 3.63) is 62.6 Å². The summed E-state index contributed by atoms with van der Waals surface area (Å²) in [5.41, 5.74) is 2.18. The summed E-state index contributed by atoms with van der Waals surface area (Å²) in [7, 11) is 0. The average Bonchev–Trinajstić information content (AvgIpc) is 2.43. The number of benzene rings is 2. The maximum absolute atomic E-state index is 11.1. The molecule has 0 amide bonds. The zero-order chi connectivity index (χ0) is 15.4. The van der Waals surface area contributed by atoms with Crippen LogP contribution in [-0.4, -0.2) is 5.97 Å². The van der Waals surface area contributed by atoms with Gasteiger partial charge < -0.3 is 4.74 Å². The first-order chi connectivity index (χ1) is 10.0. The lowest BCUT2D eigenvalue weighted by molar-refractivity contribution is -0.131. The summed E-state index contributed by atoms with van der Waals surface area (Å²) in [6, 6.07) is 13.1. The van der Waals surface area contributed by atoms with Crippen LogP contribution in [0.4, 0.5) is 0 Å². The molecule has 0 fully saturated rings. The number of halogens is 2. The first-order valence-corrected chi connectivity index (χ1v) is 7.32. The van der Waals surface area contributed by atoms with Gasteiger partial charge in [0.1, 0.15) is 6.07 Å². The second kappa shape index (κ2) is 6.75. The van der Waals surface area contributed by atoms with E-state index in [0.29, 0.717) is 21.5 Å². The summed E-state index contributed by atoms with van der Waals surface area (Å²) in [5.74, 6) is -0.223. The molecule has 0 bridgehead atoms. The molecule has 0 N–H and O–H groups in total. The van der Waals surface area contributed by atoms with Gasteiger partial charge in [0.2, 0.25) is 0 Å². The number of hydrogen-bond donors (Lipinski definition) is 0. The number of hydrogen-bond acceptors (Lipinski definition) is 3. The Hall–Kier alpha value is -1.83. The van der Waals surface area contributed by atoms with Crippen LogP contribution in [0.25, 0.3) is 0 Å². The molecular weight excluding hydrogens is 354 g/mol.